The Labute approximate surface area is 247 Å². The monoisotopic (exact) mass is 592 g/mol. The van der Waals surface area contributed by atoms with Gasteiger partial charge >= 0.3 is 0 Å². The molecule has 1 saturated carbocycles. The van der Waals surface area contributed by atoms with Crippen molar-refractivity contribution in [3.63, 3.8) is 0 Å². The SMILES string of the molecule is O=C([C@H]1CC[C@H](Oc2cc(-n3c(C(F)F)nc4ccccc43)nc(N3CCOCC3)n2)CC1)N(CCO)c1ccccc1. The first-order valence-electron chi connectivity index (χ1n) is 14.6. The standard InChI is InChI=1S/C31H34F2N6O4/c32-28(33)29-34-24-8-4-5-9-25(24)39(29)26-20-27(36-31(35-26)37-15-18-42-19-16-37)43-23-12-10-21(11-13-23)30(41)38(14-17-40)22-6-2-1-3-7-22/h1-9,20-21,23,28,40H,10-19H2/t21-,23-. The Bertz CT molecular complexity index is 1540. The molecule has 2 aromatic heterocycles. The summed E-state index contributed by atoms with van der Waals surface area (Å²) in [6.45, 7) is 2.25. The van der Waals surface area contributed by atoms with E-state index in [1.165, 1.54) is 4.57 Å². The van der Waals surface area contributed by atoms with E-state index < -0.39 is 12.2 Å². The minimum Gasteiger partial charge on any atom is -0.474 e. The molecule has 12 heteroatoms. The van der Waals surface area contributed by atoms with Gasteiger partial charge in [0, 0.05) is 37.3 Å². The van der Waals surface area contributed by atoms with E-state index in [9.17, 15) is 18.7 Å². The van der Waals surface area contributed by atoms with Gasteiger partial charge < -0.3 is 24.4 Å². The topological polar surface area (TPSA) is 106 Å². The molecule has 0 bridgehead atoms. The maximum absolute atomic E-state index is 14.2. The number of amides is 1. The average molecular weight is 593 g/mol. The molecule has 226 valence electrons. The molecule has 0 atom stereocenters. The first kappa shape index (κ1) is 28.9. The Morgan fingerprint density at radius 3 is 2.44 bits per heavy atom. The van der Waals surface area contributed by atoms with Crippen LogP contribution in [0.15, 0.2) is 60.7 Å². The molecule has 2 aliphatic rings. The van der Waals surface area contributed by atoms with Crippen molar-refractivity contribution in [2.24, 2.45) is 5.92 Å². The maximum Gasteiger partial charge on any atom is 0.296 e. The number of aromatic nitrogens is 4. The molecule has 2 aromatic carbocycles. The molecule has 0 unspecified atom stereocenters. The smallest absolute Gasteiger partial charge is 0.296 e. The minimum atomic E-state index is -2.81. The van der Waals surface area contributed by atoms with E-state index in [1.54, 1.807) is 35.2 Å². The summed E-state index contributed by atoms with van der Waals surface area (Å²) in [4.78, 5) is 30.5. The third-order valence-electron chi connectivity index (χ3n) is 7.95. The van der Waals surface area contributed by atoms with Crippen LogP contribution in [-0.2, 0) is 9.53 Å². The van der Waals surface area contributed by atoms with Gasteiger partial charge in [0.15, 0.2) is 5.82 Å². The lowest BCUT2D eigenvalue weighted by Crippen LogP contribution is -2.40. The number of para-hydroxylation sites is 3. The Morgan fingerprint density at radius 1 is 1.00 bits per heavy atom. The van der Waals surface area contributed by atoms with Crippen molar-refractivity contribution in [3.8, 4) is 11.7 Å². The number of aliphatic hydroxyl groups is 1. The van der Waals surface area contributed by atoms with Gasteiger partial charge in [0.05, 0.1) is 30.9 Å². The number of halogens is 2. The van der Waals surface area contributed by atoms with Crippen LogP contribution in [0.4, 0.5) is 20.4 Å². The molecule has 4 aromatic rings. The maximum atomic E-state index is 14.2. The van der Waals surface area contributed by atoms with E-state index in [1.807, 2.05) is 35.2 Å². The molecule has 2 fully saturated rings. The number of imidazole rings is 1. The number of anilines is 2. The van der Waals surface area contributed by atoms with E-state index in [4.69, 9.17) is 9.47 Å². The second-order valence-electron chi connectivity index (χ2n) is 10.7. The van der Waals surface area contributed by atoms with Crippen molar-refractivity contribution in [2.75, 3.05) is 49.3 Å². The van der Waals surface area contributed by atoms with E-state index >= 15 is 0 Å². The molecule has 43 heavy (non-hydrogen) atoms. The molecule has 0 spiro atoms. The van der Waals surface area contributed by atoms with E-state index in [2.05, 4.69) is 15.0 Å². The molecular formula is C31H34F2N6O4. The fraction of sp³-hybridized carbons (Fsp3) is 0.419. The zero-order valence-electron chi connectivity index (χ0n) is 23.7. The minimum absolute atomic E-state index is 0.0101. The zero-order valence-corrected chi connectivity index (χ0v) is 23.7. The van der Waals surface area contributed by atoms with E-state index in [0.717, 1.165) is 5.69 Å². The van der Waals surface area contributed by atoms with Crippen LogP contribution < -0.4 is 14.5 Å². The number of carbonyl (C=O) groups excluding carboxylic acids is 1. The zero-order chi connectivity index (χ0) is 29.8. The molecule has 10 nitrogen and oxygen atoms in total. The van der Waals surface area contributed by atoms with Crippen molar-refractivity contribution in [1.82, 2.24) is 19.5 Å². The summed E-state index contributed by atoms with van der Waals surface area (Å²) in [6.07, 6.45) is -0.529. The van der Waals surface area contributed by atoms with Gasteiger partial charge in [-0.3, -0.25) is 9.36 Å². The summed E-state index contributed by atoms with van der Waals surface area (Å²) >= 11 is 0. The normalized spacial score (nSPS) is 19.1. The fourth-order valence-corrected chi connectivity index (χ4v) is 5.81. The van der Waals surface area contributed by atoms with Crippen LogP contribution >= 0.6 is 0 Å². The summed E-state index contributed by atoms with van der Waals surface area (Å²) in [5.74, 6) is 0.308. The Kier molecular flexibility index (Phi) is 8.75. The summed E-state index contributed by atoms with van der Waals surface area (Å²) in [5.41, 5.74) is 1.72. The number of nitrogens with zero attached hydrogens (tertiary/aromatic N) is 6. The molecule has 0 radical (unpaired) electrons. The van der Waals surface area contributed by atoms with Gasteiger partial charge in [-0.1, -0.05) is 30.3 Å². The van der Waals surface area contributed by atoms with E-state index in [-0.39, 0.29) is 42.8 Å². The second-order valence-corrected chi connectivity index (χ2v) is 10.7. The van der Waals surface area contributed by atoms with Crippen molar-refractivity contribution < 1.29 is 28.2 Å². The third kappa shape index (κ3) is 6.30. The lowest BCUT2D eigenvalue weighted by atomic mass is 9.86. The van der Waals surface area contributed by atoms with Crippen molar-refractivity contribution in [1.29, 1.82) is 0 Å². The van der Waals surface area contributed by atoms with Crippen LogP contribution in [0.3, 0.4) is 0 Å². The van der Waals surface area contributed by atoms with Gasteiger partial charge in [0.2, 0.25) is 17.7 Å². The highest BCUT2D eigenvalue weighted by molar-refractivity contribution is 5.95. The molecule has 1 saturated heterocycles. The van der Waals surface area contributed by atoms with E-state index in [0.29, 0.717) is 69.0 Å². The predicted octanol–water partition coefficient (Wildman–Crippen LogP) is 4.55. The van der Waals surface area contributed by atoms with Gasteiger partial charge in [0.1, 0.15) is 11.9 Å². The van der Waals surface area contributed by atoms with Crippen molar-refractivity contribution >= 4 is 28.6 Å². The quantitative estimate of drug-likeness (QED) is 0.302. The summed E-state index contributed by atoms with van der Waals surface area (Å²) < 4.78 is 41.5. The van der Waals surface area contributed by atoms with Crippen LogP contribution in [0.5, 0.6) is 5.88 Å². The number of benzene rings is 2. The first-order valence-corrected chi connectivity index (χ1v) is 14.6. The highest BCUT2D eigenvalue weighted by atomic mass is 19.3. The second kappa shape index (κ2) is 13.0. The largest absolute Gasteiger partial charge is 0.474 e. The molecular weight excluding hydrogens is 558 g/mol. The van der Waals surface area contributed by atoms with Gasteiger partial charge in [0.25, 0.3) is 6.43 Å². The van der Waals surface area contributed by atoms with Crippen LogP contribution in [0, 0.1) is 5.92 Å². The summed E-state index contributed by atoms with van der Waals surface area (Å²) in [6, 6.07) is 17.9. The third-order valence-corrected chi connectivity index (χ3v) is 7.95. The number of fused-ring (bicyclic) bond motifs is 1. The molecule has 3 heterocycles. The number of morpholine rings is 1. The summed E-state index contributed by atoms with van der Waals surface area (Å²) in [5, 5.41) is 9.58. The van der Waals surface area contributed by atoms with Crippen LogP contribution in [0.25, 0.3) is 16.9 Å². The van der Waals surface area contributed by atoms with Gasteiger partial charge in [-0.15, -0.1) is 0 Å². The number of carbonyl (C=O) groups is 1. The lowest BCUT2D eigenvalue weighted by molar-refractivity contribution is -0.124. The highest BCUT2D eigenvalue weighted by Crippen LogP contribution is 2.33. The molecule has 6 rings (SSSR count). The average Bonchev–Trinajstić information content (AvgIpc) is 3.45. The Morgan fingerprint density at radius 2 is 1.72 bits per heavy atom. The van der Waals surface area contributed by atoms with Crippen LogP contribution in [-0.4, -0.2) is 76.1 Å². The molecule has 1 amide bonds. The number of rotatable bonds is 9. The molecule has 1 aliphatic carbocycles. The van der Waals surface area contributed by atoms with Crippen molar-refractivity contribution in [2.45, 2.75) is 38.2 Å². The number of ether oxygens (including phenoxy) is 2. The Balaban J connectivity index is 1.24. The lowest BCUT2D eigenvalue weighted by Gasteiger charge is -2.32. The molecule has 1 N–H and O–H groups in total. The predicted molar refractivity (Wildman–Crippen MR) is 157 cm³/mol. The number of hydrogen-bond donors (Lipinski definition) is 1. The van der Waals surface area contributed by atoms with Gasteiger partial charge in [-0.2, -0.15) is 9.97 Å². The van der Waals surface area contributed by atoms with Crippen LogP contribution in [0.2, 0.25) is 0 Å². The highest BCUT2D eigenvalue weighted by Gasteiger charge is 2.32. The number of hydrogen-bond acceptors (Lipinski definition) is 8. The van der Waals surface area contributed by atoms with Crippen molar-refractivity contribution in [3.05, 3.63) is 66.5 Å². The van der Waals surface area contributed by atoms with Gasteiger partial charge in [-0.25, -0.2) is 13.8 Å². The number of alkyl halides is 2. The number of aliphatic hydroxyl groups excluding tert-OH is 1. The Hall–Kier alpha value is -4.16. The first-order chi connectivity index (χ1) is 21.0. The summed E-state index contributed by atoms with van der Waals surface area (Å²) in [7, 11) is 0. The molecule has 1 aliphatic heterocycles. The van der Waals surface area contributed by atoms with Gasteiger partial charge in [-0.05, 0) is 49.9 Å². The van der Waals surface area contributed by atoms with Crippen LogP contribution in [0.1, 0.15) is 37.9 Å². The fourth-order valence-electron chi connectivity index (χ4n) is 5.81.